The Bertz CT molecular complexity index is 874. The monoisotopic (exact) mass is 523 g/mol. The van der Waals surface area contributed by atoms with Crippen LogP contribution in [-0.2, 0) is 27.4 Å². The maximum atomic E-state index is 12.8. The second-order valence-corrected chi connectivity index (χ2v) is 8.47. The van der Waals surface area contributed by atoms with Gasteiger partial charge >= 0.3 is 6.09 Å². The molecule has 4 N–H and O–H groups in total. The lowest BCUT2D eigenvalue weighted by Gasteiger charge is -2.24. The smallest absolute Gasteiger partial charge is 0.408 e. The number of nitrogens with two attached hydrogens (primary N) is 1. The standard InChI is InChI=1S/C22H26IN3O4/c1-14(2)19(26-22(29)30-13-15-7-4-3-5-8-15)21(28)25-18(20(24)27)12-16-9-6-10-17(23)11-16/h3-11,14,18-19H,12-13H2,1-2H3,(H2,24,27)(H,25,28)(H,26,29)/t18-,19+/m1/s1. The summed E-state index contributed by atoms with van der Waals surface area (Å²) >= 11 is 2.17. The van der Waals surface area contributed by atoms with E-state index in [1.807, 2.05) is 54.6 Å². The summed E-state index contributed by atoms with van der Waals surface area (Å²) in [6.07, 6.45) is -0.442. The molecule has 2 aromatic rings. The minimum Gasteiger partial charge on any atom is -0.445 e. The van der Waals surface area contributed by atoms with Gasteiger partial charge in [-0.15, -0.1) is 0 Å². The van der Waals surface area contributed by atoms with Crippen molar-refractivity contribution in [3.8, 4) is 0 Å². The summed E-state index contributed by atoms with van der Waals surface area (Å²) in [6, 6.07) is 15.1. The second-order valence-electron chi connectivity index (χ2n) is 7.23. The molecule has 0 saturated carbocycles. The van der Waals surface area contributed by atoms with Crippen LogP contribution in [0.1, 0.15) is 25.0 Å². The molecule has 0 fully saturated rings. The molecule has 0 radical (unpaired) electrons. The molecule has 3 amide bonds. The van der Waals surface area contributed by atoms with Crippen LogP contribution in [0.25, 0.3) is 0 Å². The fourth-order valence-corrected chi connectivity index (χ4v) is 3.42. The molecule has 2 aromatic carbocycles. The van der Waals surface area contributed by atoms with Crippen molar-refractivity contribution in [3.63, 3.8) is 0 Å². The molecule has 160 valence electrons. The maximum absolute atomic E-state index is 12.8. The lowest BCUT2D eigenvalue weighted by atomic mass is 10.0. The summed E-state index contributed by atoms with van der Waals surface area (Å²) in [6.45, 7) is 3.68. The van der Waals surface area contributed by atoms with Crippen molar-refractivity contribution in [2.45, 2.75) is 39.0 Å². The minimum atomic E-state index is -0.890. The van der Waals surface area contributed by atoms with Gasteiger partial charge in [-0.2, -0.15) is 0 Å². The number of halogens is 1. The summed E-state index contributed by atoms with van der Waals surface area (Å²) in [5.41, 5.74) is 7.21. The molecule has 2 atom stereocenters. The second kappa shape index (κ2) is 11.5. The molecule has 8 heteroatoms. The highest BCUT2D eigenvalue weighted by molar-refractivity contribution is 14.1. The van der Waals surface area contributed by atoms with Gasteiger partial charge in [-0.3, -0.25) is 9.59 Å². The van der Waals surface area contributed by atoms with Crippen molar-refractivity contribution >= 4 is 40.5 Å². The molecule has 0 aliphatic rings. The Morgan fingerprint density at radius 2 is 1.67 bits per heavy atom. The Hall–Kier alpha value is -2.62. The fourth-order valence-electron chi connectivity index (χ4n) is 2.81. The number of alkyl carbamates (subject to hydrolysis) is 1. The Morgan fingerprint density at radius 3 is 2.27 bits per heavy atom. The van der Waals surface area contributed by atoms with Gasteiger partial charge in [0.2, 0.25) is 11.8 Å². The van der Waals surface area contributed by atoms with Crippen LogP contribution in [0, 0.1) is 9.49 Å². The number of nitrogens with one attached hydrogen (secondary N) is 2. The lowest BCUT2D eigenvalue weighted by Crippen LogP contribution is -2.55. The number of hydrogen-bond donors (Lipinski definition) is 3. The molecule has 0 aromatic heterocycles. The zero-order chi connectivity index (χ0) is 22.1. The predicted octanol–water partition coefficient (Wildman–Crippen LogP) is 2.75. The van der Waals surface area contributed by atoms with E-state index in [2.05, 4.69) is 33.2 Å². The van der Waals surface area contributed by atoms with Crippen molar-refractivity contribution in [1.29, 1.82) is 0 Å². The number of rotatable bonds is 9. The highest BCUT2D eigenvalue weighted by Gasteiger charge is 2.28. The van der Waals surface area contributed by atoms with Gasteiger partial charge in [-0.1, -0.05) is 56.3 Å². The van der Waals surface area contributed by atoms with Crippen LogP contribution < -0.4 is 16.4 Å². The van der Waals surface area contributed by atoms with Crippen molar-refractivity contribution in [2.75, 3.05) is 0 Å². The predicted molar refractivity (Wildman–Crippen MR) is 122 cm³/mol. The number of amides is 3. The van der Waals surface area contributed by atoms with Crippen molar-refractivity contribution in [3.05, 3.63) is 69.3 Å². The van der Waals surface area contributed by atoms with Crippen molar-refractivity contribution in [1.82, 2.24) is 10.6 Å². The van der Waals surface area contributed by atoms with E-state index >= 15 is 0 Å². The highest BCUT2D eigenvalue weighted by atomic mass is 127. The number of benzene rings is 2. The third-order valence-corrected chi connectivity index (χ3v) is 5.10. The van der Waals surface area contributed by atoms with Gasteiger partial charge in [-0.05, 0) is 51.8 Å². The SMILES string of the molecule is CC(C)[C@H](NC(=O)OCc1ccccc1)C(=O)N[C@H](Cc1cccc(I)c1)C(N)=O. The largest absolute Gasteiger partial charge is 0.445 e. The Kier molecular flexibility index (Phi) is 9.10. The fraction of sp³-hybridized carbons (Fsp3) is 0.318. The van der Waals surface area contributed by atoms with Gasteiger partial charge in [0.05, 0.1) is 0 Å². The molecule has 0 heterocycles. The molecule has 30 heavy (non-hydrogen) atoms. The summed E-state index contributed by atoms with van der Waals surface area (Å²) in [5.74, 6) is -1.35. The molecule has 0 unspecified atom stereocenters. The summed E-state index contributed by atoms with van der Waals surface area (Å²) in [7, 11) is 0. The van der Waals surface area contributed by atoms with Gasteiger partial charge in [-0.25, -0.2) is 4.79 Å². The molecule has 7 nitrogen and oxygen atoms in total. The third-order valence-electron chi connectivity index (χ3n) is 4.42. The molecular formula is C22H26IN3O4. The van der Waals surface area contributed by atoms with E-state index in [1.54, 1.807) is 13.8 Å². The van der Waals surface area contributed by atoms with E-state index in [4.69, 9.17) is 10.5 Å². The van der Waals surface area contributed by atoms with Crippen LogP contribution in [0.3, 0.4) is 0 Å². The van der Waals surface area contributed by atoms with Gasteiger partial charge in [0, 0.05) is 9.99 Å². The molecule has 2 rings (SSSR count). The van der Waals surface area contributed by atoms with Crippen LogP contribution in [0.5, 0.6) is 0 Å². The first-order valence-electron chi connectivity index (χ1n) is 9.57. The summed E-state index contributed by atoms with van der Waals surface area (Å²) in [5, 5.41) is 5.24. The van der Waals surface area contributed by atoms with Gasteiger partial charge in [0.1, 0.15) is 18.7 Å². The van der Waals surface area contributed by atoms with E-state index in [9.17, 15) is 14.4 Å². The average molecular weight is 523 g/mol. The topological polar surface area (TPSA) is 111 Å². The van der Waals surface area contributed by atoms with Crippen molar-refractivity contribution in [2.24, 2.45) is 11.7 Å². The minimum absolute atomic E-state index is 0.0929. The van der Waals surface area contributed by atoms with Crippen LogP contribution in [0.2, 0.25) is 0 Å². The average Bonchev–Trinajstić information content (AvgIpc) is 2.70. The number of hydrogen-bond acceptors (Lipinski definition) is 4. The third kappa shape index (κ3) is 7.66. The molecule has 0 bridgehead atoms. The summed E-state index contributed by atoms with van der Waals surface area (Å²) < 4.78 is 6.21. The first-order chi connectivity index (χ1) is 14.3. The zero-order valence-corrected chi connectivity index (χ0v) is 19.1. The molecule has 0 spiro atoms. The normalized spacial score (nSPS) is 12.7. The van der Waals surface area contributed by atoms with Crippen LogP contribution in [0.4, 0.5) is 4.79 Å². The van der Waals surface area contributed by atoms with Crippen LogP contribution >= 0.6 is 22.6 Å². The van der Waals surface area contributed by atoms with E-state index in [0.717, 1.165) is 14.7 Å². The zero-order valence-electron chi connectivity index (χ0n) is 16.9. The number of primary amides is 1. The van der Waals surface area contributed by atoms with E-state index in [-0.39, 0.29) is 18.9 Å². The first kappa shape index (κ1) is 23.7. The molecular weight excluding hydrogens is 497 g/mol. The number of carbonyl (C=O) groups is 3. The van der Waals surface area contributed by atoms with E-state index in [1.165, 1.54) is 0 Å². The van der Waals surface area contributed by atoms with Gasteiger partial charge in [0.15, 0.2) is 0 Å². The Balaban J connectivity index is 1.98. The number of carbonyl (C=O) groups excluding carboxylic acids is 3. The number of ether oxygens (including phenoxy) is 1. The molecule has 0 aliphatic heterocycles. The highest BCUT2D eigenvalue weighted by Crippen LogP contribution is 2.11. The van der Waals surface area contributed by atoms with Gasteiger partial charge < -0.3 is 21.1 Å². The Morgan fingerprint density at radius 1 is 1.00 bits per heavy atom. The van der Waals surface area contributed by atoms with Crippen LogP contribution in [0.15, 0.2) is 54.6 Å². The van der Waals surface area contributed by atoms with Gasteiger partial charge in [0.25, 0.3) is 0 Å². The molecule has 0 aliphatic carbocycles. The van der Waals surface area contributed by atoms with E-state index in [0.29, 0.717) is 0 Å². The quantitative estimate of drug-likeness (QED) is 0.439. The Labute approximate surface area is 189 Å². The first-order valence-corrected chi connectivity index (χ1v) is 10.7. The maximum Gasteiger partial charge on any atom is 0.408 e. The lowest BCUT2D eigenvalue weighted by molar-refractivity contribution is -0.129. The summed E-state index contributed by atoms with van der Waals surface area (Å²) in [4.78, 5) is 36.8. The van der Waals surface area contributed by atoms with E-state index < -0.39 is 30.0 Å². The van der Waals surface area contributed by atoms with Crippen LogP contribution in [-0.4, -0.2) is 30.0 Å². The molecule has 0 saturated heterocycles. The van der Waals surface area contributed by atoms with Crippen molar-refractivity contribution < 1.29 is 19.1 Å².